The van der Waals surface area contributed by atoms with Crippen molar-refractivity contribution in [3.05, 3.63) is 40.2 Å². The average Bonchev–Trinajstić information content (AvgIpc) is 2.84. The highest BCUT2D eigenvalue weighted by molar-refractivity contribution is 6.33. The Bertz CT molecular complexity index is 1270. The molecule has 3 rings (SSSR count). The predicted molar refractivity (Wildman–Crippen MR) is 154 cm³/mol. The van der Waals surface area contributed by atoms with Crippen molar-refractivity contribution in [1.82, 2.24) is 20.2 Å². The van der Waals surface area contributed by atoms with Crippen LogP contribution in [0, 0.1) is 12.3 Å². The molecule has 10 nitrogen and oxygen atoms in total. The maximum Gasteiger partial charge on any atom is 0.231 e. The van der Waals surface area contributed by atoms with Gasteiger partial charge < -0.3 is 30.7 Å². The molecule has 0 saturated carbocycles. The first-order valence-electron chi connectivity index (χ1n) is 12.9. The molecule has 2 heterocycles. The van der Waals surface area contributed by atoms with Gasteiger partial charge in [0.2, 0.25) is 5.91 Å². The van der Waals surface area contributed by atoms with Crippen LogP contribution < -0.4 is 20.7 Å². The molecule has 1 aliphatic heterocycles. The first-order chi connectivity index (χ1) is 18.3. The molecule has 1 saturated heterocycles. The largest absolute Gasteiger partial charge is 0.491 e. The van der Waals surface area contributed by atoms with Gasteiger partial charge in [-0.05, 0) is 52.4 Å². The van der Waals surface area contributed by atoms with Crippen molar-refractivity contribution in [2.24, 2.45) is 11.1 Å². The quantitative estimate of drug-likeness (QED) is 0.356. The van der Waals surface area contributed by atoms with E-state index in [2.05, 4.69) is 5.32 Å². The molecule has 1 aromatic carbocycles. The van der Waals surface area contributed by atoms with E-state index < -0.39 is 11.5 Å². The molecule has 1 aromatic heterocycles. The number of aliphatic hydroxyl groups is 1. The van der Waals surface area contributed by atoms with Gasteiger partial charge >= 0.3 is 0 Å². The summed E-state index contributed by atoms with van der Waals surface area (Å²) in [6.45, 7) is 8.42. The molecule has 1 fully saturated rings. The molecule has 2 aromatic rings. The van der Waals surface area contributed by atoms with E-state index in [1.54, 1.807) is 51.2 Å². The van der Waals surface area contributed by atoms with Crippen LogP contribution in [0.3, 0.4) is 0 Å². The minimum absolute atomic E-state index is 0.0730. The number of allylic oxidation sites excluding steroid dienone is 2. The molecule has 0 bridgehead atoms. The standard InChI is InChI=1S/C28H39ClN6O4/c1-8-28(27(38)34(6)7)14-35(15-28)26-16(2)24(23(17(3)30)18(4)36)32-25(33-26)21-11-20(9-10-22(21)29)39-13-19(37)12-31-5/h9-11,19,31,37H,8,12-15,30H2,1-7H3/t19-/m1/s1. The Kier molecular flexibility index (Phi) is 9.58. The van der Waals surface area contributed by atoms with Gasteiger partial charge in [0.05, 0.1) is 21.7 Å². The van der Waals surface area contributed by atoms with Crippen molar-refractivity contribution in [3.8, 4) is 17.1 Å². The lowest BCUT2D eigenvalue weighted by Crippen LogP contribution is -2.63. The summed E-state index contributed by atoms with van der Waals surface area (Å²) in [4.78, 5) is 38.9. The maximum absolute atomic E-state index is 13.0. The van der Waals surface area contributed by atoms with Crippen molar-refractivity contribution in [1.29, 1.82) is 0 Å². The summed E-state index contributed by atoms with van der Waals surface area (Å²) in [5.74, 6) is 1.25. The second-order valence-electron chi connectivity index (χ2n) is 10.3. The van der Waals surface area contributed by atoms with Gasteiger partial charge in [0.15, 0.2) is 11.6 Å². The number of carbonyl (C=O) groups excluding carboxylic acids is 2. The van der Waals surface area contributed by atoms with E-state index in [1.807, 2.05) is 18.7 Å². The smallest absolute Gasteiger partial charge is 0.231 e. The van der Waals surface area contributed by atoms with Gasteiger partial charge in [0, 0.05) is 50.6 Å². The molecular weight excluding hydrogens is 520 g/mol. The third kappa shape index (κ3) is 6.34. The zero-order valence-corrected chi connectivity index (χ0v) is 24.5. The number of rotatable bonds is 11. The summed E-state index contributed by atoms with van der Waals surface area (Å²) in [6, 6.07) is 5.09. The Morgan fingerprint density at radius 2 is 1.95 bits per heavy atom. The van der Waals surface area contributed by atoms with Gasteiger partial charge in [-0.3, -0.25) is 9.59 Å². The number of carbonyl (C=O) groups is 2. The number of nitrogens with two attached hydrogens (primary N) is 1. The maximum atomic E-state index is 13.0. The van der Waals surface area contributed by atoms with Crippen LogP contribution in [0.25, 0.3) is 17.0 Å². The first kappa shape index (κ1) is 30.3. The van der Waals surface area contributed by atoms with Gasteiger partial charge in [0.25, 0.3) is 0 Å². The highest BCUT2D eigenvalue weighted by atomic mass is 35.5. The molecule has 0 aliphatic carbocycles. The van der Waals surface area contributed by atoms with Crippen molar-refractivity contribution < 1.29 is 19.4 Å². The van der Waals surface area contributed by atoms with Crippen molar-refractivity contribution >= 4 is 34.7 Å². The highest BCUT2D eigenvalue weighted by Crippen LogP contribution is 2.41. The van der Waals surface area contributed by atoms with Crippen molar-refractivity contribution in [2.45, 2.75) is 40.2 Å². The van der Waals surface area contributed by atoms with E-state index in [0.29, 0.717) is 76.6 Å². The minimum atomic E-state index is -0.686. The van der Waals surface area contributed by atoms with E-state index >= 15 is 0 Å². The Labute approximate surface area is 235 Å². The second-order valence-corrected chi connectivity index (χ2v) is 10.7. The fourth-order valence-corrected chi connectivity index (χ4v) is 5.08. The van der Waals surface area contributed by atoms with Crippen LogP contribution in [0.15, 0.2) is 23.9 Å². The molecule has 1 atom stereocenters. The SMILES string of the molecule is CCC1(C(=O)N(C)C)CN(c2nc(-c3cc(OC[C@H](O)CNC)ccc3Cl)nc(C(C(C)=O)=C(C)N)c2C)C1. The normalized spacial score (nSPS) is 15.8. The molecule has 11 heteroatoms. The number of benzene rings is 1. The van der Waals surface area contributed by atoms with E-state index in [1.165, 1.54) is 6.92 Å². The highest BCUT2D eigenvalue weighted by Gasteiger charge is 2.49. The van der Waals surface area contributed by atoms with E-state index in [0.717, 1.165) is 0 Å². The van der Waals surface area contributed by atoms with E-state index in [9.17, 15) is 14.7 Å². The summed E-state index contributed by atoms with van der Waals surface area (Å²) < 4.78 is 5.78. The number of likely N-dealkylation sites (N-methyl/N-ethyl adjacent to an activating group) is 1. The Morgan fingerprint density at radius 1 is 1.28 bits per heavy atom. The van der Waals surface area contributed by atoms with Gasteiger partial charge in [-0.25, -0.2) is 9.97 Å². The van der Waals surface area contributed by atoms with Crippen LogP contribution >= 0.6 is 11.6 Å². The lowest BCUT2D eigenvalue weighted by molar-refractivity contribution is -0.141. The summed E-state index contributed by atoms with van der Waals surface area (Å²) in [6.07, 6.45) is 0.00373. The van der Waals surface area contributed by atoms with Crippen LogP contribution in [0.4, 0.5) is 5.82 Å². The number of anilines is 1. The molecule has 0 radical (unpaired) electrons. The number of hydrogen-bond acceptors (Lipinski definition) is 9. The number of aliphatic hydroxyl groups excluding tert-OH is 1. The Hall–Kier alpha value is -3.21. The topological polar surface area (TPSA) is 134 Å². The van der Waals surface area contributed by atoms with Crippen LogP contribution in [0.2, 0.25) is 5.02 Å². The zero-order valence-electron chi connectivity index (χ0n) is 23.8. The Balaban J connectivity index is 2.12. The monoisotopic (exact) mass is 558 g/mol. The minimum Gasteiger partial charge on any atom is -0.491 e. The lowest BCUT2D eigenvalue weighted by Gasteiger charge is -2.50. The molecule has 0 unspecified atom stereocenters. The lowest BCUT2D eigenvalue weighted by atomic mass is 9.76. The predicted octanol–water partition coefficient (Wildman–Crippen LogP) is 2.65. The molecule has 39 heavy (non-hydrogen) atoms. The van der Waals surface area contributed by atoms with Crippen molar-refractivity contribution in [2.75, 3.05) is 52.3 Å². The number of nitrogens with one attached hydrogen (secondary N) is 1. The van der Waals surface area contributed by atoms with Crippen LogP contribution in [-0.4, -0.2) is 85.2 Å². The number of Topliss-reactive ketones (excluding diaryl/α,β-unsaturated/α-hetero) is 1. The third-order valence-corrected chi connectivity index (χ3v) is 7.32. The number of hydrogen-bond donors (Lipinski definition) is 3. The fourth-order valence-electron chi connectivity index (χ4n) is 4.88. The van der Waals surface area contributed by atoms with Gasteiger partial charge in [0.1, 0.15) is 24.3 Å². The fraction of sp³-hybridized carbons (Fsp3) is 0.500. The number of halogens is 1. The number of aromatic nitrogens is 2. The second kappa shape index (κ2) is 12.3. The van der Waals surface area contributed by atoms with E-state index in [-0.39, 0.29) is 18.3 Å². The third-order valence-electron chi connectivity index (χ3n) is 6.99. The summed E-state index contributed by atoms with van der Waals surface area (Å²) >= 11 is 6.60. The molecular formula is C28H39ClN6O4. The number of amides is 1. The van der Waals surface area contributed by atoms with Crippen molar-refractivity contribution in [3.63, 3.8) is 0 Å². The summed E-state index contributed by atoms with van der Waals surface area (Å²) in [7, 11) is 5.27. The van der Waals surface area contributed by atoms with E-state index in [4.69, 9.17) is 32.0 Å². The summed E-state index contributed by atoms with van der Waals surface area (Å²) in [5, 5.41) is 13.3. The molecule has 212 valence electrons. The molecule has 4 N–H and O–H groups in total. The van der Waals surface area contributed by atoms with Crippen LogP contribution in [0.1, 0.15) is 38.4 Å². The first-order valence-corrected chi connectivity index (χ1v) is 13.3. The number of nitrogens with zero attached hydrogens (tertiary/aromatic N) is 4. The average molecular weight is 559 g/mol. The Morgan fingerprint density at radius 3 is 2.49 bits per heavy atom. The molecule has 1 amide bonds. The van der Waals surface area contributed by atoms with Crippen LogP contribution in [0.5, 0.6) is 5.75 Å². The summed E-state index contributed by atoms with van der Waals surface area (Å²) in [5.41, 5.74) is 7.90. The van der Waals surface area contributed by atoms with Gasteiger partial charge in [-0.15, -0.1) is 0 Å². The zero-order chi connectivity index (χ0) is 29.1. The van der Waals surface area contributed by atoms with Gasteiger partial charge in [-0.1, -0.05) is 18.5 Å². The molecule has 0 spiro atoms. The van der Waals surface area contributed by atoms with Crippen LogP contribution in [-0.2, 0) is 9.59 Å². The molecule has 1 aliphatic rings. The number of ketones is 1. The van der Waals surface area contributed by atoms with Gasteiger partial charge in [-0.2, -0.15) is 0 Å². The number of ether oxygens (including phenoxy) is 1.